The molecule has 0 spiro atoms. The third-order valence-corrected chi connectivity index (χ3v) is 12.9. The fourth-order valence-corrected chi connectivity index (χ4v) is 10.5. The normalized spacial score (nSPS) is 13.4. The molecule has 0 N–H and O–H groups in total. The Morgan fingerprint density at radius 3 is 1.78 bits per heavy atom. The van der Waals surface area contributed by atoms with Gasteiger partial charge in [-0.1, -0.05) is 170 Å². The highest BCUT2D eigenvalue weighted by Crippen LogP contribution is 2.59. The molecule has 274 valence electrons. The van der Waals surface area contributed by atoms with Crippen LogP contribution in [0.1, 0.15) is 22.3 Å². The Hall–Kier alpha value is -7.68. The molecule has 0 saturated carbocycles. The summed E-state index contributed by atoms with van der Waals surface area (Å²) in [7, 11) is 0. The van der Waals surface area contributed by atoms with E-state index in [1.165, 1.54) is 55.3 Å². The van der Waals surface area contributed by atoms with Gasteiger partial charge in [0.05, 0.1) is 5.41 Å². The zero-order valence-corrected chi connectivity index (χ0v) is 31.9. The molecule has 11 aromatic rings. The van der Waals surface area contributed by atoms with Crippen molar-refractivity contribution in [2.45, 2.75) is 5.41 Å². The van der Waals surface area contributed by atoms with Gasteiger partial charge in [0.2, 0.25) is 0 Å². The zero-order chi connectivity index (χ0) is 38.7. The van der Waals surface area contributed by atoms with Crippen LogP contribution < -0.4 is 4.74 Å². The molecule has 1 aliphatic heterocycles. The van der Waals surface area contributed by atoms with Crippen molar-refractivity contribution in [1.82, 2.24) is 0 Å². The van der Waals surface area contributed by atoms with Gasteiger partial charge in [-0.15, -0.1) is 0 Å². The van der Waals surface area contributed by atoms with Crippen molar-refractivity contribution in [1.29, 1.82) is 0 Å². The average molecular weight is 751 g/mol. The Morgan fingerprint density at radius 2 is 0.966 bits per heavy atom. The molecule has 1 aromatic heterocycles. The van der Waals surface area contributed by atoms with Gasteiger partial charge < -0.3 is 9.15 Å². The second-order valence-corrected chi connectivity index (χ2v) is 15.9. The molecule has 2 heteroatoms. The van der Waals surface area contributed by atoms with Crippen LogP contribution in [0.15, 0.2) is 211 Å². The molecule has 2 heterocycles. The Kier molecular flexibility index (Phi) is 6.68. The van der Waals surface area contributed by atoms with Crippen LogP contribution in [0.3, 0.4) is 0 Å². The van der Waals surface area contributed by atoms with Crippen LogP contribution in [0.25, 0.3) is 88.0 Å². The van der Waals surface area contributed by atoms with Crippen LogP contribution >= 0.6 is 0 Å². The molecule has 10 aromatic carbocycles. The molecule has 0 bridgehead atoms. The van der Waals surface area contributed by atoms with Crippen LogP contribution in [-0.4, -0.2) is 0 Å². The molecule has 0 fully saturated rings. The van der Waals surface area contributed by atoms with E-state index in [0.717, 1.165) is 66.5 Å². The van der Waals surface area contributed by atoms with Crippen molar-refractivity contribution in [3.8, 4) is 56.0 Å². The van der Waals surface area contributed by atoms with Crippen LogP contribution in [0.5, 0.6) is 11.5 Å². The Morgan fingerprint density at radius 1 is 0.339 bits per heavy atom. The third-order valence-electron chi connectivity index (χ3n) is 12.9. The largest absolute Gasteiger partial charge is 0.456 e. The molecular weight excluding hydrogens is 717 g/mol. The van der Waals surface area contributed by atoms with Crippen molar-refractivity contribution in [2.24, 2.45) is 0 Å². The van der Waals surface area contributed by atoms with Gasteiger partial charge in [-0.2, -0.15) is 0 Å². The number of hydrogen-bond donors (Lipinski definition) is 0. The minimum Gasteiger partial charge on any atom is -0.456 e. The van der Waals surface area contributed by atoms with Crippen molar-refractivity contribution in [3.05, 3.63) is 229 Å². The van der Waals surface area contributed by atoms with Crippen LogP contribution in [0.4, 0.5) is 0 Å². The first-order valence-electron chi connectivity index (χ1n) is 20.3. The fraction of sp³-hybridized carbons (Fsp3) is 0.0175. The van der Waals surface area contributed by atoms with Gasteiger partial charge in [0.1, 0.15) is 22.7 Å². The van der Waals surface area contributed by atoms with E-state index in [2.05, 4.69) is 206 Å². The summed E-state index contributed by atoms with van der Waals surface area (Å²) >= 11 is 0. The van der Waals surface area contributed by atoms with E-state index in [0.29, 0.717) is 0 Å². The van der Waals surface area contributed by atoms with Gasteiger partial charge in [0.25, 0.3) is 0 Å². The number of ether oxygens (including phenoxy) is 1. The Labute approximate surface area is 341 Å². The smallest absolute Gasteiger partial charge is 0.136 e. The number of furan rings is 1. The van der Waals surface area contributed by atoms with Crippen LogP contribution in [0, 0.1) is 0 Å². The lowest BCUT2D eigenvalue weighted by atomic mass is 9.67. The maximum absolute atomic E-state index is 6.80. The van der Waals surface area contributed by atoms with Gasteiger partial charge >= 0.3 is 0 Å². The first-order chi connectivity index (χ1) is 29.3. The first kappa shape index (κ1) is 32.4. The minimum absolute atomic E-state index is 0.459. The average Bonchev–Trinajstić information content (AvgIpc) is 3.82. The van der Waals surface area contributed by atoms with Crippen molar-refractivity contribution < 1.29 is 9.15 Å². The van der Waals surface area contributed by atoms with Crippen LogP contribution in [0.2, 0.25) is 0 Å². The van der Waals surface area contributed by atoms with Crippen molar-refractivity contribution >= 4 is 43.5 Å². The highest BCUT2D eigenvalue weighted by Gasteiger charge is 2.46. The summed E-state index contributed by atoms with van der Waals surface area (Å²) in [6.45, 7) is 0. The lowest BCUT2D eigenvalue weighted by Gasteiger charge is -2.34. The Balaban J connectivity index is 1.01. The van der Waals surface area contributed by atoms with E-state index < -0.39 is 5.41 Å². The maximum Gasteiger partial charge on any atom is 0.136 e. The Bertz CT molecular complexity index is 3480. The van der Waals surface area contributed by atoms with E-state index >= 15 is 0 Å². The summed E-state index contributed by atoms with van der Waals surface area (Å²) in [5.41, 5.74) is 16.0. The monoisotopic (exact) mass is 750 g/mol. The lowest BCUT2D eigenvalue weighted by molar-refractivity contribution is 0.487. The molecule has 0 amide bonds. The van der Waals surface area contributed by atoms with Gasteiger partial charge in [0.15, 0.2) is 0 Å². The SMILES string of the molecule is c1ccc(C2(c3ccccc3)c3ccccc3-c3c(-c4ccc5c(c4)-c4cccc6c(-c7cccc8oc9cc%10ccccc%10cc9c78)ccc(c46)O5)cccc32)cc1. The van der Waals surface area contributed by atoms with E-state index in [4.69, 9.17) is 9.15 Å². The number of rotatable bonds is 4. The van der Waals surface area contributed by atoms with E-state index in [1.54, 1.807) is 0 Å². The molecule has 2 nitrogen and oxygen atoms in total. The number of fused-ring (bicyclic) bond motifs is 9. The summed E-state index contributed by atoms with van der Waals surface area (Å²) in [4.78, 5) is 0. The lowest BCUT2D eigenvalue weighted by Crippen LogP contribution is -2.28. The third kappa shape index (κ3) is 4.46. The molecule has 59 heavy (non-hydrogen) atoms. The van der Waals surface area contributed by atoms with E-state index in [1.807, 2.05) is 0 Å². The predicted octanol–water partition coefficient (Wildman–Crippen LogP) is 15.4. The molecule has 1 aliphatic carbocycles. The minimum atomic E-state index is -0.459. The molecule has 0 radical (unpaired) electrons. The molecule has 0 saturated heterocycles. The second-order valence-electron chi connectivity index (χ2n) is 15.9. The van der Waals surface area contributed by atoms with Gasteiger partial charge in [-0.05, 0) is 114 Å². The van der Waals surface area contributed by atoms with Gasteiger partial charge in [-0.25, -0.2) is 0 Å². The fourth-order valence-electron chi connectivity index (χ4n) is 10.5. The summed E-state index contributed by atoms with van der Waals surface area (Å²) in [5, 5.41) is 6.92. The molecular formula is C57H34O2. The van der Waals surface area contributed by atoms with Gasteiger partial charge in [-0.3, -0.25) is 0 Å². The second kappa shape index (κ2) is 12.2. The highest BCUT2D eigenvalue weighted by molar-refractivity contribution is 6.19. The first-order valence-corrected chi connectivity index (χ1v) is 20.3. The zero-order valence-electron chi connectivity index (χ0n) is 31.9. The summed E-state index contributed by atoms with van der Waals surface area (Å²) in [6, 6.07) is 75.0. The summed E-state index contributed by atoms with van der Waals surface area (Å²) in [6.07, 6.45) is 0. The quantitative estimate of drug-likeness (QED) is 0.179. The van der Waals surface area contributed by atoms with Crippen molar-refractivity contribution in [3.63, 3.8) is 0 Å². The predicted molar refractivity (Wildman–Crippen MR) is 242 cm³/mol. The summed E-state index contributed by atoms with van der Waals surface area (Å²) in [5.74, 6) is 1.74. The molecule has 0 unspecified atom stereocenters. The molecule has 0 atom stereocenters. The summed E-state index contributed by atoms with van der Waals surface area (Å²) < 4.78 is 13.3. The standard InChI is InChI=1S/C57H34O2/c1-3-16-38(17-4-1)57(39-18-5-2-6-19-39)48-25-10-9-20-45(48)54-40(21-12-26-49(54)57)37-28-30-50-46(33-37)44-23-11-22-42-41(29-31-52(58-50)55(42)44)43-24-13-27-51-56(43)47-32-35-14-7-8-15-36(35)34-53(47)59-51/h1-34H. The maximum atomic E-state index is 6.80. The number of benzene rings is 10. The van der Waals surface area contributed by atoms with Crippen molar-refractivity contribution in [2.75, 3.05) is 0 Å². The van der Waals surface area contributed by atoms with E-state index in [9.17, 15) is 0 Å². The van der Waals surface area contributed by atoms with E-state index in [-0.39, 0.29) is 0 Å². The molecule has 13 rings (SSSR count). The highest BCUT2D eigenvalue weighted by atomic mass is 16.5. The molecule has 2 aliphatic rings. The number of hydrogen-bond acceptors (Lipinski definition) is 2. The topological polar surface area (TPSA) is 22.4 Å². The van der Waals surface area contributed by atoms with Crippen LogP contribution in [-0.2, 0) is 5.41 Å². The van der Waals surface area contributed by atoms with Gasteiger partial charge in [0, 0.05) is 21.7 Å².